The molecule has 1 aliphatic heterocycles. The van der Waals surface area contributed by atoms with Gasteiger partial charge in [0.15, 0.2) is 0 Å². The third kappa shape index (κ3) is 5.47. The van der Waals surface area contributed by atoms with Crippen LogP contribution >= 0.6 is 11.3 Å². The number of rotatable bonds is 4. The number of amides is 2. The van der Waals surface area contributed by atoms with E-state index in [4.69, 9.17) is 4.74 Å². The van der Waals surface area contributed by atoms with Gasteiger partial charge in [-0.3, -0.25) is 4.79 Å². The Morgan fingerprint density at radius 3 is 2.59 bits per heavy atom. The number of nitrogens with one attached hydrogen (secondary N) is 1. The maximum absolute atomic E-state index is 13.0. The summed E-state index contributed by atoms with van der Waals surface area (Å²) in [4.78, 5) is 28.3. The average Bonchev–Trinajstić information content (AvgIpc) is 3.32. The van der Waals surface area contributed by atoms with Crippen molar-refractivity contribution >= 4 is 23.3 Å². The van der Waals surface area contributed by atoms with Gasteiger partial charge < -0.3 is 15.0 Å². The number of carbonyl (C=O) groups excluding carboxylic acids is 2. The highest BCUT2D eigenvalue weighted by atomic mass is 32.1. The highest BCUT2D eigenvalue weighted by Gasteiger charge is 2.34. The van der Waals surface area contributed by atoms with Crippen LogP contribution < -0.4 is 5.32 Å². The normalized spacial score (nSPS) is 22.5. The molecule has 3 rings (SSSR count). The van der Waals surface area contributed by atoms with Gasteiger partial charge in [-0.25, -0.2) is 4.79 Å². The van der Waals surface area contributed by atoms with E-state index in [2.05, 4.69) is 22.8 Å². The number of carbonyl (C=O) groups is 2. The zero-order chi connectivity index (χ0) is 19.4. The Bertz CT molecular complexity index is 632. The Balaban J connectivity index is 1.62. The highest BCUT2D eigenvalue weighted by Crippen LogP contribution is 2.37. The predicted molar refractivity (Wildman–Crippen MR) is 108 cm³/mol. The Morgan fingerprint density at radius 1 is 1.22 bits per heavy atom. The molecule has 2 unspecified atom stereocenters. The van der Waals surface area contributed by atoms with Crippen LogP contribution in [0.5, 0.6) is 0 Å². The molecule has 5 nitrogen and oxygen atoms in total. The fourth-order valence-corrected chi connectivity index (χ4v) is 5.00. The Labute approximate surface area is 166 Å². The summed E-state index contributed by atoms with van der Waals surface area (Å²) in [5.74, 6) is 0.446. The lowest BCUT2D eigenvalue weighted by Crippen LogP contribution is -2.48. The van der Waals surface area contributed by atoms with Crippen molar-refractivity contribution in [3.8, 4) is 0 Å². The van der Waals surface area contributed by atoms with Crippen molar-refractivity contribution in [2.45, 2.75) is 70.9 Å². The van der Waals surface area contributed by atoms with E-state index in [-0.39, 0.29) is 24.0 Å². The summed E-state index contributed by atoms with van der Waals surface area (Å²) in [5.41, 5.74) is -0.515. The van der Waals surface area contributed by atoms with Gasteiger partial charge >= 0.3 is 6.09 Å². The molecule has 1 aromatic heterocycles. The number of nitrogens with zero attached hydrogens (tertiary/aromatic N) is 1. The second-order valence-electron chi connectivity index (χ2n) is 8.81. The average molecular weight is 393 g/mol. The molecule has 1 N–H and O–H groups in total. The summed E-state index contributed by atoms with van der Waals surface area (Å²) < 4.78 is 5.48. The van der Waals surface area contributed by atoms with Gasteiger partial charge in [-0.05, 0) is 63.8 Å². The van der Waals surface area contributed by atoms with E-state index in [0.29, 0.717) is 19.0 Å². The van der Waals surface area contributed by atoms with Crippen LogP contribution in [-0.4, -0.2) is 35.6 Å². The Morgan fingerprint density at radius 2 is 1.96 bits per heavy atom. The lowest BCUT2D eigenvalue weighted by Gasteiger charge is -2.34. The quantitative estimate of drug-likeness (QED) is 0.805. The minimum absolute atomic E-state index is 0.0774. The van der Waals surface area contributed by atoms with E-state index in [1.807, 2.05) is 20.8 Å². The number of ether oxygens (including phenoxy) is 1. The SMILES string of the molecule is CC(C)(C)OC(=O)N1CCCC(C(=O)NC(c2cccs2)C2CCCC2)C1. The number of piperidine rings is 1. The number of hydrogen-bond donors (Lipinski definition) is 1. The van der Waals surface area contributed by atoms with Gasteiger partial charge in [0.05, 0.1) is 12.0 Å². The lowest BCUT2D eigenvalue weighted by molar-refractivity contribution is -0.127. The molecule has 6 heteroatoms. The first-order chi connectivity index (χ1) is 12.8. The summed E-state index contributed by atoms with van der Waals surface area (Å²) in [6.45, 7) is 6.71. The van der Waals surface area contributed by atoms with E-state index in [1.165, 1.54) is 30.6 Å². The van der Waals surface area contributed by atoms with Crippen LogP contribution in [0.3, 0.4) is 0 Å². The maximum Gasteiger partial charge on any atom is 0.410 e. The summed E-state index contributed by atoms with van der Waals surface area (Å²) >= 11 is 1.72. The fraction of sp³-hybridized carbons (Fsp3) is 0.714. The van der Waals surface area contributed by atoms with E-state index in [9.17, 15) is 9.59 Å². The molecular weight excluding hydrogens is 360 g/mol. The van der Waals surface area contributed by atoms with Crippen molar-refractivity contribution in [2.24, 2.45) is 11.8 Å². The Kier molecular flexibility index (Phi) is 6.45. The smallest absolute Gasteiger partial charge is 0.410 e. The third-order valence-corrected chi connectivity index (χ3v) is 6.42. The van der Waals surface area contributed by atoms with Crippen molar-refractivity contribution in [1.29, 1.82) is 0 Å². The highest BCUT2D eigenvalue weighted by molar-refractivity contribution is 7.10. The number of hydrogen-bond acceptors (Lipinski definition) is 4. The van der Waals surface area contributed by atoms with E-state index in [1.54, 1.807) is 16.2 Å². The molecule has 0 bridgehead atoms. The van der Waals surface area contributed by atoms with Gasteiger partial charge in [0.1, 0.15) is 5.60 Å². The largest absolute Gasteiger partial charge is 0.444 e. The zero-order valence-corrected chi connectivity index (χ0v) is 17.5. The zero-order valence-electron chi connectivity index (χ0n) is 16.7. The minimum Gasteiger partial charge on any atom is -0.444 e. The topological polar surface area (TPSA) is 58.6 Å². The molecule has 2 fully saturated rings. The van der Waals surface area contributed by atoms with Crippen molar-refractivity contribution in [2.75, 3.05) is 13.1 Å². The lowest BCUT2D eigenvalue weighted by atomic mass is 9.93. The molecule has 0 aromatic carbocycles. The van der Waals surface area contributed by atoms with E-state index < -0.39 is 5.60 Å². The molecule has 1 aliphatic carbocycles. The van der Waals surface area contributed by atoms with Crippen LogP contribution in [0.4, 0.5) is 4.79 Å². The molecule has 0 radical (unpaired) electrons. The maximum atomic E-state index is 13.0. The first-order valence-corrected chi connectivity index (χ1v) is 11.0. The van der Waals surface area contributed by atoms with Crippen LogP contribution in [0, 0.1) is 11.8 Å². The van der Waals surface area contributed by atoms with Gasteiger partial charge in [0, 0.05) is 18.0 Å². The second-order valence-corrected chi connectivity index (χ2v) is 9.79. The molecule has 27 heavy (non-hydrogen) atoms. The van der Waals surface area contributed by atoms with E-state index >= 15 is 0 Å². The van der Waals surface area contributed by atoms with Gasteiger partial charge in [-0.1, -0.05) is 18.9 Å². The standard InChI is InChI=1S/C21H32N2O3S/c1-21(2,3)26-20(25)23-12-6-10-16(14-23)19(24)22-18(15-8-4-5-9-15)17-11-7-13-27-17/h7,11,13,15-16,18H,4-6,8-10,12,14H2,1-3H3,(H,22,24). The molecule has 1 aromatic rings. The Hall–Kier alpha value is -1.56. The molecule has 2 atom stereocenters. The molecule has 2 amide bonds. The van der Waals surface area contributed by atoms with Gasteiger partial charge in [0.25, 0.3) is 0 Å². The fourth-order valence-electron chi connectivity index (χ4n) is 4.13. The van der Waals surface area contributed by atoms with Crippen LogP contribution in [0.1, 0.15) is 70.2 Å². The van der Waals surface area contributed by atoms with Crippen molar-refractivity contribution in [3.05, 3.63) is 22.4 Å². The minimum atomic E-state index is -0.515. The number of likely N-dealkylation sites (tertiary alicyclic amines) is 1. The van der Waals surface area contributed by atoms with Crippen molar-refractivity contribution in [1.82, 2.24) is 10.2 Å². The summed E-state index contributed by atoms with van der Waals surface area (Å²) in [7, 11) is 0. The van der Waals surface area contributed by atoms with Gasteiger partial charge in [0.2, 0.25) is 5.91 Å². The summed E-state index contributed by atoms with van der Waals surface area (Å²) in [6.07, 6.45) is 6.20. The molecule has 2 heterocycles. The first-order valence-electron chi connectivity index (χ1n) is 10.2. The molecule has 2 aliphatic rings. The van der Waals surface area contributed by atoms with Crippen LogP contribution in [-0.2, 0) is 9.53 Å². The predicted octanol–water partition coefficient (Wildman–Crippen LogP) is 4.74. The van der Waals surface area contributed by atoms with Crippen LogP contribution in [0.25, 0.3) is 0 Å². The molecule has 0 spiro atoms. The molecule has 150 valence electrons. The third-order valence-electron chi connectivity index (χ3n) is 5.46. The number of thiophene rings is 1. The van der Waals surface area contributed by atoms with Gasteiger partial charge in [-0.2, -0.15) is 0 Å². The molecular formula is C21H32N2O3S. The van der Waals surface area contributed by atoms with Crippen LogP contribution in [0.2, 0.25) is 0 Å². The van der Waals surface area contributed by atoms with Crippen molar-refractivity contribution in [3.63, 3.8) is 0 Å². The molecule has 1 saturated heterocycles. The summed E-state index contributed by atoms with van der Waals surface area (Å²) in [6, 6.07) is 4.29. The van der Waals surface area contributed by atoms with Crippen LogP contribution in [0.15, 0.2) is 17.5 Å². The monoisotopic (exact) mass is 392 g/mol. The molecule has 1 saturated carbocycles. The first kappa shape index (κ1) is 20.2. The van der Waals surface area contributed by atoms with Gasteiger partial charge in [-0.15, -0.1) is 11.3 Å². The second kappa shape index (κ2) is 8.63. The summed E-state index contributed by atoms with van der Waals surface area (Å²) in [5, 5.41) is 5.41. The van der Waals surface area contributed by atoms with Crippen molar-refractivity contribution < 1.29 is 14.3 Å². The van der Waals surface area contributed by atoms with E-state index in [0.717, 1.165) is 12.8 Å².